The number of benzene rings is 1. The molecule has 0 spiro atoms. The van der Waals surface area contributed by atoms with Crippen LogP contribution < -0.4 is 11.5 Å². The molecule has 1 rings (SSSR count). The van der Waals surface area contributed by atoms with Gasteiger partial charge in [0, 0.05) is 28.2 Å². The van der Waals surface area contributed by atoms with Gasteiger partial charge in [0.05, 0.1) is 0 Å². The van der Waals surface area contributed by atoms with Crippen molar-refractivity contribution in [3.05, 3.63) is 33.8 Å². The number of hydrogen-bond donors (Lipinski definition) is 2. The lowest BCUT2D eigenvalue weighted by Gasteiger charge is -2.12. The molecule has 0 saturated carbocycles. The molecule has 0 bridgehead atoms. The lowest BCUT2D eigenvalue weighted by atomic mass is 10.1. The molecule has 1 unspecified atom stereocenters. The van der Waals surface area contributed by atoms with Gasteiger partial charge in [-0.1, -0.05) is 29.3 Å². The van der Waals surface area contributed by atoms with E-state index in [1.54, 1.807) is 18.2 Å². The normalized spacial score (nSPS) is 11.1. The van der Waals surface area contributed by atoms with Gasteiger partial charge in [-0.2, -0.15) is 0 Å². The van der Waals surface area contributed by atoms with Crippen molar-refractivity contribution in [3.8, 4) is 0 Å². The SMILES string of the molecule is Cl.Cl.NCC(N)c1c(Cl)cccc1Cl. The van der Waals surface area contributed by atoms with Crippen molar-refractivity contribution in [3.63, 3.8) is 0 Å². The van der Waals surface area contributed by atoms with Crippen molar-refractivity contribution < 1.29 is 0 Å². The first-order chi connectivity index (χ1) is 5.66. The Morgan fingerprint density at radius 2 is 1.57 bits per heavy atom. The van der Waals surface area contributed by atoms with Crippen molar-refractivity contribution in [2.75, 3.05) is 6.54 Å². The molecule has 4 N–H and O–H groups in total. The molecular formula is C8H12Cl4N2. The highest BCUT2D eigenvalue weighted by Gasteiger charge is 2.11. The van der Waals surface area contributed by atoms with E-state index in [9.17, 15) is 0 Å². The van der Waals surface area contributed by atoms with E-state index >= 15 is 0 Å². The maximum atomic E-state index is 5.88. The van der Waals surface area contributed by atoms with Gasteiger partial charge in [-0.25, -0.2) is 0 Å². The van der Waals surface area contributed by atoms with Gasteiger partial charge in [-0.3, -0.25) is 0 Å². The minimum absolute atomic E-state index is 0. The van der Waals surface area contributed by atoms with Crippen LogP contribution >= 0.6 is 48.0 Å². The molecule has 0 aliphatic rings. The highest BCUT2D eigenvalue weighted by atomic mass is 35.5. The summed E-state index contributed by atoms with van der Waals surface area (Å²) in [6, 6.07) is 4.99. The van der Waals surface area contributed by atoms with Crippen LogP contribution in [0.25, 0.3) is 0 Å². The highest BCUT2D eigenvalue weighted by molar-refractivity contribution is 6.36. The van der Waals surface area contributed by atoms with E-state index in [4.69, 9.17) is 34.7 Å². The Morgan fingerprint density at radius 3 is 1.93 bits per heavy atom. The molecule has 1 aromatic carbocycles. The van der Waals surface area contributed by atoms with E-state index in [0.29, 0.717) is 16.6 Å². The molecule has 1 aromatic rings. The van der Waals surface area contributed by atoms with E-state index in [2.05, 4.69) is 0 Å². The van der Waals surface area contributed by atoms with Crippen molar-refractivity contribution >= 4 is 48.0 Å². The Hall–Kier alpha value is 0.300. The fourth-order valence-electron chi connectivity index (χ4n) is 0.983. The van der Waals surface area contributed by atoms with Gasteiger partial charge in [-0.15, -0.1) is 24.8 Å². The summed E-state index contributed by atoms with van der Waals surface area (Å²) in [6.45, 7) is 0.337. The van der Waals surface area contributed by atoms with Crippen molar-refractivity contribution in [2.45, 2.75) is 6.04 Å². The van der Waals surface area contributed by atoms with Crippen molar-refractivity contribution in [1.29, 1.82) is 0 Å². The standard InChI is InChI=1S/C8H10Cl2N2.2ClH/c9-5-2-1-3-6(10)8(5)7(12)4-11;;/h1-3,7H,4,11-12H2;2*1H. The largest absolute Gasteiger partial charge is 0.329 e. The molecule has 0 radical (unpaired) electrons. The number of rotatable bonds is 2. The second-order valence-corrected chi connectivity index (χ2v) is 3.29. The van der Waals surface area contributed by atoms with Crippen LogP contribution in [-0.4, -0.2) is 6.54 Å². The summed E-state index contributed by atoms with van der Waals surface area (Å²) in [5, 5.41) is 1.14. The first-order valence-electron chi connectivity index (χ1n) is 3.56. The Labute approximate surface area is 106 Å². The molecular weight excluding hydrogens is 266 g/mol. The third kappa shape index (κ3) is 3.81. The average Bonchev–Trinajstić information content (AvgIpc) is 2.03. The third-order valence-electron chi connectivity index (χ3n) is 1.62. The average molecular weight is 278 g/mol. The Bertz CT molecular complexity index is 260. The molecule has 1 atom stereocenters. The van der Waals surface area contributed by atoms with Gasteiger partial charge in [0.1, 0.15) is 0 Å². The van der Waals surface area contributed by atoms with Crippen LogP contribution in [-0.2, 0) is 0 Å². The Kier molecular flexibility index (Phi) is 9.04. The van der Waals surface area contributed by atoms with Crippen LogP contribution in [0.3, 0.4) is 0 Å². The third-order valence-corrected chi connectivity index (χ3v) is 2.28. The van der Waals surface area contributed by atoms with Gasteiger partial charge in [0.15, 0.2) is 0 Å². The molecule has 0 aromatic heterocycles. The fourth-order valence-corrected chi connectivity index (χ4v) is 1.66. The van der Waals surface area contributed by atoms with Crippen LogP contribution in [0.1, 0.15) is 11.6 Å². The van der Waals surface area contributed by atoms with Crippen molar-refractivity contribution in [1.82, 2.24) is 0 Å². The lowest BCUT2D eigenvalue weighted by Crippen LogP contribution is -2.21. The first kappa shape index (κ1) is 16.7. The van der Waals surface area contributed by atoms with E-state index in [-0.39, 0.29) is 30.9 Å². The summed E-state index contributed by atoms with van der Waals surface area (Å²) >= 11 is 11.8. The summed E-state index contributed by atoms with van der Waals surface area (Å²) in [4.78, 5) is 0. The first-order valence-corrected chi connectivity index (χ1v) is 4.32. The summed E-state index contributed by atoms with van der Waals surface area (Å²) in [5.41, 5.74) is 11.8. The molecule has 6 heteroatoms. The van der Waals surface area contributed by atoms with E-state index < -0.39 is 0 Å². The Morgan fingerprint density at radius 1 is 1.14 bits per heavy atom. The van der Waals surface area contributed by atoms with Crippen molar-refractivity contribution in [2.24, 2.45) is 11.5 Å². The summed E-state index contributed by atoms with van der Waals surface area (Å²) in [7, 11) is 0. The van der Waals surface area contributed by atoms with Crippen LogP contribution in [0.4, 0.5) is 0 Å². The number of hydrogen-bond acceptors (Lipinski definition) is 2. The molecule has 0 fully saturated rings. The zero-order chi connectivity index (χ0) is 9.14. The van der Waals surface area contributed by atoms with Gasteiger partial charge >= 0.3 is 0 Å². The zero-order valence-corrected chi connectivity index (χ0v) is 10.4. The van der Waals surface area contributed by atoms with Gasteiger partial charge in [0.2, 0.25) is 0 Å². The Balaban J connectivity index is 0. The maximum absolute atomic E-state index is 5.88. The number of halogens is 4. The molecule has 0 aliphatic carbocycles. The molecule has 2 nitrogen and oxygen atoms in total. The summed E-state index contributed by atoms with van der Waals surface area (Å²) < 4.78 is 0. The predicted molar refractivity (Wildman–Crippen MR) is 66.9 cm³/mol. The second-order valence-electron chi connectivity index (χ2n) is 2.48. The maximum Gasteiger partial charge on any atom is 0.0469 e. The van der Waals surface area contributed by atoms with Gasteiger partial charge < -0.3 is 11.5 Å². The van der Waals surface area contributed by atoms with E-state index in [1.807, 2.05) is 0 Å². The smallest absolute Gasteiger partial charge is 0.0469 e. The van der Waals surface area contributed by atoms with E-state index in [0.717, 1.165) is 5.56 Å². The highest BCUT2D eigenvalue weighted by Crippen LogP contribution is 2.28. The zero-order valence-electron chi connectivity index (χ0n) is 7.24. The minimum Gasteiger partial charge on any atom is -0.329 e. The van der Waals surface area contributed by atoms with E-state index in [1.165, 1.54) is 0 Å². The quantitative estimate of drug-likeness (QED) is 0.873. The van der Waals surface area contributed by atoms with Crippen LogP contribution in [0, 0.1) is 0 Å². The molecule has 0 saturated heterocycles. The minimum atomic E-state index is -0.286. The molecule has 14 heavy (non-hydrogen) atoms. The molecule has 82 valence electrons. The fraction of sp³-hybridized carbons (Fsp3) is 0.250. The van der Waals surface area contributed by atoms with Crippen LogP contribution in [0.5, 0.6) is 0 Å². The summed E-state index contributed by atoms with van der Waals surface area (Å²) in [6.07, 6.45) is 0. The summed E-state index contributed by atoms with van der Waals surface area (Å²) in [5.74, 6) is 0. The molecule has 0 amide bonds. The molecule has 0 heterocycles. The van der Waals surface area contributed by atoms with Crippen LogP contribution in [0.2, 0.25) is 10.0 Å². The van der Waals surface area contributed by atoms with Gasteiger partial charge in [0.25, 0.3) is 0 Å². The number of nitrogens with two attached hydrogens (primary N) is 2. The monoisotopic (exact) mass is 276 g/mol. The topological polar surface area (TPSA) is 52.0 Å². The molecule has 0 aliphatic heterocycles. The van der Waals surface area contributed by atoms with Crippen LogP contribution in [0.15, 0.2) is 18.2 Å². The predicted octanol–water partition coefficient (Wildman–Crippen LogP) is 2.80. The lowest BCUT2D eigenvalue weighted by molar-refractivity contribution is 0.737. The van der Waals surface area contributed by atoms with Gasteiger partial charge in [-0.05, 0) is 12.1 Å². The second kappa shape index (κ2) is 7.57.